The third-order valence-electron chi connectivity index (χ3n) is 3.51. The third-order valence-corrected chi connectivity index (χ3v) is 3.51. The van der Waals surface area contributed by atoms with Crippen molar-refractivity contribution in [3.63, 3.8) is 0 Å². The van der Waals surface area contributed by atoms with Crippen molar-refractivity contribution in [1.29, 1.82) is 0 Å². The highest BCUT2D eigenvalue weighted by molar-refractivity contribution is 6.11. The Morgan fingerprint density at radius 3 is 2.38 bits per heavy atom. The summed E-state index contributed by atoms with van der Waals surface area (Å²) in [5, 5.41) is 0. The van der Waals surface area contributed by atoms with Crippen molar-refractivity contribution >= 4 is 11.4 Å². The molecule has 0 aliphatic heterocycles. The second-order valence-electron chi connectivity index (χ2n) is 4.83. The van der Waals surface area contributed by atoms with Gasteiger partial charge in [0.15, 0.2) is 5.78 Å². The molecule has 1 aromatic carbocycles. The van der Waals surface area contributed by atoms with E-state index in [9.17, 15) is 4.79 Å². The maximum atomic E-state index is 12.1. The standard InChI is InChI=1S/C14H17NO/c1-8-5-6-11-9(2)10(3)13(16)14(4,15)12(11)7-8/h5-7H,15H2,1-4H3. The SMILES string of the molecule is CC1=C(C)c2ccc(C)cc2C(C)(N)C1=O. The van der Waals surface area contributed by atoms with Crippen molar-refractivity contribution in [2.75, 3.05) is 0 Å². The summed E-state index contributed by atoms with van der Waals surface area (Å²) in [6, 6.07) is 6.13. The van der Waals surface area contributed by atoms with E-state index in [0.29, 0.717) is 0 Å². The number of Topliss-reactive ketones (excluding diaryl/α,β-unsaturated/α-hetero) is 1. The summed E-state index contributed by atoms with van der Waals surface area (Å²) >= 11 is 0. The number of carbonyl (C=O) groups is 1. The fourth-order valence-corrected chi connectivity index (χ4v) is 2.30. The Balaban J connectivity index is 2.81. The van der Waals surface area contributed by atoms with Crippen LogP contribution in [-0.2, 0) is 10.3 Å². The molecule has 0 amide bonds. The summed E-state index contributed by atoms with van der Waals surface area (Å²) < 4.78 is 0. The van der Waals surface area contributed by atoms with Gasteiger partial charge >= 0.3 is 0 Å². The van der Waals surface area contributed by atoms with Gasteiger partial charge in [-0.2, -0.15) is 0 Å². The van der Waals surface area contributed by atoms with E-state index in [1.54, 1.807) is 6.92 Å². The zero-order valence-electron chi connectivity index (χ0n) is 10.2. The van der Waals surface area contributed by atoms with Gasteiger partial charge in [0.2, 0.25) is 0 Å². The number of hydrogen-bond acceptors (Lipinski definition) is 2. The molecule has 0 heterocycles. The van der Waals surface area contributed by atoms with Crippen LogP contribution in [0.1, 0.15) is 37.5 Å². The molecule has 0 fully saturated rings. The van der Waals surface area contributed by atoms with E-state index in [2.05, 4.69) is 12.1 Å². The third kappa shape index (κ3) is 1.34. The van der Waals surface area contributed by atoms with Crippen molar-refractivity contribution in [3.05, 3.63) is 40.5 Å². The van der Waals surface area contributed by atoms with Crippen LogP contribution < -0.4 is 5.73 Å². The number of nitrogens with two attached hydrogens (primary N) is 1. The first-order valence-corrected chi connectivity index (χ1v) is 5.48. The van der Waals surface area contributed by atoms with Gasteiger partial charge in [-0.3, -0.25) is 4.79 Å². The molecule has 1 atom stereocenters. The predicted molar refractivity (Wildman–Crippen MR) is 66.0 cm³/mol. The van der Waals surface area contributed by atoms with E-state index < -0.39 is 5.54 Å². The highest BCUT2D eigenvalue weighted by Gasteiger charge is 2.37. The Kier molecular flexibility index (Phi) is 2.28. The Labute approximate surface area is 96.2 Å². The molecule has 0 saturated heterocycles. The summed E-state index contributed by atoms with van der Waals surface area (Å²) in [6.07, 6.45) is 0. The summed E-state index contributed by atoms with van der Waals surface area (Å²) in [5.41, 5.74) is 10.3. The van der Waals surface area contributed by atoms with Gasteiger partial charge in [-0.15, -0.1) is 0 Å². The number of ketones is 1. The first-order chi connectivity index (χ1) is 7.35. The van der Waals surface area contributed by atoms with E-state index in [1.807, 2.05) is 26.8 Å². The maximum absolute atomic E-state index is 12.1. The number of carbonyl (C=O) groups excluding carboxylic acids is 1. The first-order valence-electron chi connectivity index (χ1n) is 5.48. The van der Waals surface area contributed by atoms with E-state index in [1.165, 1.54) is 0 Å². The molecule has 0 spiro atoms. The van der Waals surface area contributed by atoms with E-state index in [-0.39, 0.29) is 5.78 Å². The van der Waals surface area contributed by atoms with Crippen molar-refractivity contribution < 1.29 is 4.79 Å². The molecular weight excluding hydrogens is 198 g/mol. The van der Waals surface area contributed by atoms with E-state index >= 15 is 0 Å². The van der Waals surface area contributed by atoms with Crippen LogP contribution in [0.4, 0.5) is 0 Å². The van der Waals surface area contributed by atoms with Crippen LogP contribution in [0.2, 0.25) is 0 Å². The molecule has 1 unspecified atom stereocenters. The number of hydrogen-bond donors (Lipinski definition) is 1. The van der Waals surface area contributed by atoms with Crippen LogP contribution in [-0.4, -0.2) is 5.78 Å². The first kappa shape index (κ1) is 11.1. The lowest BCUT2D eigenvalue weighted by atomic mass is 9.74. The fourth-order valence-electron chi connectivity index (χ4n) is 2.30. The highest BCUT2D eigenvalue weighted by Crippen LogP contribution is 2.37. The molecule has 1 aliphatic carbocycles. The smallest absolute Gasteiger partial charge is 0.182 e. The molecule has 16 heavy (non-hydrogen) atoms. The van der Waals surface area contributed by atoms with Gasteiger partial charge in [0, 0.05) is 0 Å². The van der Waals surface area contributed by atoms with Crippen LogP contribution in [0.25, 0.3) is 5.57 Å². The van der Waals surface area contributed by atoms with Gasteiger partial charge in [0.1, 0.15) is 5.54 Å². The number of rotatable bonds is 0. The molecule has 0 bridgehead atoms. The molecule has 0 radical (unpaired) electrons. The molecule has 2 nitrogen and oxygen atoms in total. The molecule has 1 aromatic rings. The minimum atomic E-state index is -0.884. The monoisotopic (exact) mass is 215 g/mol. The highest BCUT2D eigenvalue weighted by atomic mass is 16.1. The predicted octanol–water partition coefficient (Wildman–Crippen LogP) is 2.55. The number of fused-ring (bicyclic) bond motifs is 1. The van der Waals surface area contributed by atoms with Gasteiger partial charge in [0.05, 0.1) is 0 Å². The molecule has 0 saturated carbocycles. The second-order valence-corrected chi connectivity index (χ2v) is 4.83. The molecule has 0 aromatic heterocycles. The Morgan fingerprint density at radius 2 is 1.75 bits per heavy atom. The summed E-state index contributed by atoms with van der Waals surface area (Å²) in [4.78, 5) is 12.1. The molecular formula is C14H17NO. The Hall–Kier alpha value is -1.41. The van der Waals surface area contributed by atoms with Gasteiger partial charge < -0.3 is 5.73 Å². The summed E-state index contributed by atoms with van der Waals surface area (Å²) in [7, 11) is 0. The van der Waals surface area contributed by atoms with Crippen LogP contribution in [0.3, 0.4) is 0 Å². The number of aryl methyl sites for hydroxylation is 1. The fraction of sp³-hybridized carbons (Fsp3) is 0.357. The van der Waals surface area contributed by atoms with Crippen LogP contribution in [0, 0.1) is 6.92 Å². The molecule has 2 heteroatoms. The summed E-state index contributed by atoms with van der Waals surface area (Å²) in [6.45, 7) is 7.65. The van der Waals surface area contributed by atoms with Crippen molar-refractivity contribution in [1.82, 2.24) is 0 Å². The quantitative estimate of drug-likeness (QED) is 0.722. The maximum Gasteiger partial charge on any atom is 0.182 e. The second kappa shape index (κ2) is 3.29. The molecule has 84 valence electrons. The average molecular weight is 215 g/mol. The van der Waals surface area contributed by atoms with Gasteiger partial charge in [-0.25, -0.2) is 0 Å². The van der Waals surface area contributed by atoms with Crippen LogP contribution >= 0.6 is 0 Å². The van der Waals surface area contributed by atoms with Crippen LogP contribution in [0.15, 0.2) is 23.8 Å². The minimum Gasteiger partial charge on any atom is -0.315 e. The lowest BCUT2D eigenvalue weighted by Crippen LogP contribution is -2.45. The average Bonchev–Trinajstić information content (AvgIpc) is 2.24. The van der Waals surface area contributed by atoms with Crippen molar-refractivity contribution in [3.8, 4) is 0 Å². The lowest BCUT2D eigenvalue weighted by molar-refractivity contribution is -0.120. The number of benzene rings is 1. The lowest BCUT2D eigenvalue weighted by Gasteiger charge is -2.32. The zero-order valence-corrected chi connectivity index (χ0v) is 10.2. The normalized spacial score (nSPS) is 24.7. The van der Waals surface area contributed by atoms with Gasteiger partial charge in [-0.05, 0) is 50.0 Å². The molecule has 1 aliphatic rings. The van der Waals surface area contributed by atoms with Crippen molar-refractivity contribution in [2.45, 2.75) is 33.2 Å². The van der Waals surface area contributed by atoms with E-state index in [4.69, 9.17) is 5.73 Å². The largest absolute Gasteiger partial charge is 0.315 e. The summed E-state index contributed by atoms with van der Waals surface area (Å²) in [5.74, 6) is 0.0306. The van der Waals surface area contributed by atoms with Gasteiger partial charge in [-0.1, -0.05) is 23.8 Å². The Morgan fingerprint density at radius 1 is 1.12 bits per heavy atom. The Bertz CT molecular complexity index is 509. The topological polar surface area (TPSA) is 43.1 Å². The van der Waals surface area contributed by atoms with Crippen LogP contribution in [0.5, 0.6) is 0 Å². The zero-order chi connectivity index (χ0) is 12.1. The van der Waals surface area contributed by atoms with E-state index in [0.717, 1.165) is 27.8 Å². The van der Waals surface area contributed by atoms with Crippen molar-refractivity contribution in [2.24, 2.45) is 5.73 Å². The molecule has 2 rings (SSSR count). The number of allylic oxidation sites excluding steroid dienone is 1. The minimum absolute atomic E-state index is 0.0306. The van der Waals surface area contributed by atoms with Gasteiger partial charge in [0.25, 0.3) is 0 Å². The molecule has 2 N–H and O–H groups in total.